The summed E-state index contributed by atoms with van der Waals surface area (Å²) < 4.78 is 0. The fourth-order valence-electron chi connectivity index (χ4n) is 1.05. The molecule has 0 aromatic carbocycles. The molecule has 0 saturated carbocycles. The first kappa shape index (κ1) is 11.9. The molecule has 3 heteroatoms. The van der Waals surface area contributed by atoms with E-state index in [1.165, 1.54) is 0 Å². The Kier molecular flexibility index (Phi) is 4.75. The molecule has 0 heterocycles. The normalized spacial score (nSPS) is 15.2. The zero-order chi connectivity index (χ0) is 9.78. The summed E-state index contributed by atoms with van der Waals surface area (Å²) in [5.74, 6) is 0. The highest BCUT2D eigenvalue weighted by Gasteiger charge is 2.11. The summed E-state index contributed by atoms with van der Waals surface area (Å²) in [7, 11) is 4.15. The van der Waals surface area contributed by atoms with Gasteiger partial charge in [-0.05, 0) is 34.9 Å². The predicted octanol–water partition coefficient (Wildman–Crippen LogP) is 0.263. The second-order valence-corrected chi connectivity index (χ2v) is 4.53. The molecule has 1 atom stereocenters. The van der Waals surface area contributed by atoms with Gasteiger partial charge in [-0.25, -0.2) is 0 Å². The average Bonchev–Trinajstić information content (AvgIpc) is 1.80. The summed E-state index contributed by atoms with van der Waals surface area (Å²) in [5.41, 5.74) is 5.73. The van der Waals surface area contributed by atoms with Gasteiger partial charge < -0.3 is 16.0 Å². The van der Waals surface area contributed by atoms with Crippen LogP contribution >= 0.6 is 0 Å². The summed E-state index contributed by atoms with van der Waals surface area (Å²) in [6, 6.07) is 0.503. The molecule has 0 spiro atoms. The van der Waals surface area contributed by atoms with E-state index in [1.807, 2.05) is 13.8 Å². The van der Waals surface area contributed by atoms with Crippen LogP contribution < -0.4 is 11.1 Å². The van der Waals surface area contributed by atoms with Gasteiger partial charge in [0.15, 0.2) is 0 Å². The molecular formula is C9H23N3. The molecule has 0 saturated heterocycles. The van der Waals surface area contributed by atoms with Gasteiger partial charge in [0, 0.05) is 24.7 Å². The summed E-state index contributed by atoms with van der Waals surface area (Å²) in [5, 5.41) is 3.39. The van der Waals surface area contributed by atoms with Crippen molar-refractivity contribution in [2.75, 3.05) is 27.2 Å². The number of nitrogens with two attached hydrogens (primary N) is 1. The SMILES string of the molecule is CC(CN(C)C)NCC(C)(C)N. The van der Waals surface area contributed by atoms with E-state index in [2.05, 4.69) is 31.2 Å². The van der Waals surface area contributed by atoms with Crippen LogP contribution in [0.5, 0.6) is 0 Å². The maximum atomic E-state index is 5.84. The number of nitrogens with one attached hydrogen (secondary N) is 1. The molecule has 3 nitrogen and oxygen atoms in total. The lowest BCUT2D eigenvalue weighted by Gasteiger charge is -2.24. The standard InChI is InChI=1S/C9H23N3/c1-8(6-12(4)5)11-7-9(2,3)10/h8,11H,6-7,10H2,1-5H3. The van der Waals surface area contributed by atoms with Crippen LogP contribution in [0.1, 0.15) is 20.8 Å². The van der Waals surface area contributed by atoms with Crippen molar-refractivity contribution in [1.29, 1.82) is 0 Å². The van der Waals surface area contributed by atoms with Gasteiger partial charge in [0.2, 0.25) is 0 Å². The van der Waals surface area contributed by atoms with Crippen LogP contribution in [0.4, 0.5) is 0 Å². The lowest BCUT2D eigenvalue weighted by molar-refractivity contribution is 0.332. The topological polar surface area (TPSA) is 41.3 Å². The van der Waals surface area contributed by atoms with Crippen LogP contribution in [0.15, 0.2) is 0 Å². The van der Waals surface area contributed by atoms with Gasteiger partial charge in [-0.2, -0.15) is 0 Å². The second-order valence-electron chi connectivity index (χ2n) is 4.53. The van der Waals surface area contributed by atoms with Gasteiger partial charge in [0.05, 0.1) is 0 Å². The Hall–Kier alpha value is -0.120. The Morgan fingerprint density at radius 3 is 2.25 bits per heavy atom. The smallest absolute Gasteiger partial charge is 0.0223 e. The van der Waals surface area contributed by atoms with Gasteiger partial charge in [-0.15, -0.1) is 0 Å². The molecule has 0 aromatic heterocycles. The van der Waals surface area contributed by atoms with Gasteiger partial charge in [-0.1, -0.05) is 0 Å². The zero-order valence-electron chi connectivity index (χ0n) is 9.02. The Balaban J connectivity index is 3.51. The van der Waals surface area contributed by atoms with Gasteiger partial charge >= 0.3 is 0 Å². The summed E-state index contributed by atoms with van der Waals surface area (Å²) in [6.07, 6.45) is 0. The minimum atomic E-state index is -0.111. The molecule has 0 fully saturated rings. The summed E-state index contributed by atoms with van der Waals surface area (Å²) in [4.78, 5) is 2.17. The molecule has 0 aliphatic rings. The van der Waals surface area contributed by atoms with Gasteiger partial charge in [-0.3, -0.25) is 0 Å². The first-order chi connectivity index (χ1) is 5.31. The van der Waals surface area contributed by atoms with Crippen molar-refractivity contribution in [1.82, 2.24) is 10.2 Å². The molecule has 1 unspecified atom stereocenters. The lowest BCUT2D eigenvalue weighted by atomic mass is 10.1. The van der Waals surface area contributed by atoms with E-state index in [4.69, 9.17) is 5.73 Å². The third kappa shape index (κ3) is 7.98. The van der Waals surface area contributed by atoms with Crippen molar-refractivity contribution >= 4 is 0 Å². The Morgan fingerprint density at radius 2 is 1.92 bits per heavy atom. The molecule has 0 aliphatic heterocycles. The van der Waals surface area contributed by atoms with Gasteiger partial charge in [0.1, 0.15) is 0 Å². The first-order valence-electron chi connectivity index (χ1n) is 4.48. The molecule has 0 radical (unpaired) electrons. The van der Waals surface area contributed by atoms with E-state index in [0.717, 1.165) is 13.1 Å². The predicted molar refractivity (Wildman–Crippen MR) is 54.3 cm³/mol. The quantitative estimate of drug-likeness (QED) is 0.627. The molecule has 0 aromatic rings. The molecule has 0 aliphatic carbocycles. The number of likely N-dealkylation sites (N-methyl/N-ethyl adjacent to an activating group) is 1. The Bertz CT molecular complexity index is 115. The van der Waals surface area contributed by atoms with Crippen LogP contribution in [0, 0.1) is 0 Å². The maximum absolute atomic E-state index is 5.84. The number of hydrogen-bond acceptors (Lipinski definition) is 3. The minimum absolute atomic E-state index is 0.111. The van der Waals surface area contributed by atoms with Crippen LogP contribution in [0.2, 0.25) is 0 Å². The fourth-order valence-corrected chi connectivity index (χ4v) is 1.05. The van der Waals surface area contributed by atoms with Gasteiger partial charge in [0.25, 0.3) is 0 Å². The monoisotopic (exact) mass is 173 g/mol. The van der Waals surface area contributed by atoms with E-state index < -0.39 is 0 Å². The van der Waals surface area contributed by atoms with E-state index in [1.54, 1.807) is 0 Å². The highest BCUT2D eigenvalue weighted by atomic mass is 15.1. The Labute approximate surface area is 76.3 Å². The molecule has 0 amide bonds. The minimum Gasteiger partial charge on any atom is -0.324 e. The maximum Gasteiger partial charge on any atom is 0.0223 e. The van der Waals surface area contributed by atoms with Crippen LogP contribution in [0.3, 0.4) is 0 Å². The largest absolute Gasteiger partial charge is 0.324 e. The van der Waals surface area contributed by atoms with E-state index in [-0.39, 0.29) is 5.54 Å². The van der Waals surface area contributed by atoms with Crippen molar-refractivity contribution in [3.63, 3.8) is 0 Å². The van der Waals surface area contributed by atoms with Crippen molar-refractivity contribution in [3.05, 3.63) is 0 Å². The van der Waals surface area contributed by atoms with Crippen molar-refractivity contribution < 1.29 is 0 Å². The highest BCUT2D eigenvalue weighted by Crippen LogP contribution is 1.94. The van der Waals surface area contributed by atoms with Crippen molar-refractivity contribution in [2.45, 2.75) is 32.4 Å². The average molecular weight is 173 g/mol. The lowest BCUT2D eigenvalue weighted by Crippen LogP contribution is -2.48. The molecule has 0 bridgehead atoms. The molecule has 12 heavy (non-hydrogen) atoms. The molecule has 0 rings (SSSR count). The van der Waals surface area contributed by atoms with E-state index in [9.17, 15) is 0 Å². The first-order valence-corrected chi connectivity index (χ1v) is 4.48. The highest BCUT2D eigenvalue weighted by molar-refractivity contribution is 4.77. The van der Waals surface area contributed by atoms with Crippen molar-refractivity contribution in [2.24, 2.45) is 5.73 Å². The summed E-state index contributed by atoms with van der Waals surface area (Å²) in [6.45, 7) is 8.15. The molecule has 74 valence electrons. The summed E-state index contributed by atoms with van der Waals surface area (Å²) >= 11 is 0. The number of hydrogen-bond donors (Lipinski definition) is 2. The molecule has 3 N–H and O–H groups in total. The zero-order valence-corrected chi connectivity index (χ0v) is 9.02. The third-order valence-electron chi connectivity index (χ3n) is 1.55. The number of nitrogens with zero attached hydrogens (tertiary/aromatic N) is 1. The molecular weight excluding hydrogens is 150 g/mol. The second kappa shape index (κ2) is 4.80. The van der Waals surface area contributed by atoms with Crippen molar-refractivity contribution in [3.8, 4) is 0 Å². The van der Waals surface area contributed by atoms with Crippen LogP contribution in [0.25, 0.3) is 0 Å². The van der Waals surface area contributed by atoms with Crippen LogP contribution in [-0.2, 0) is 0 Å². The van der Waals surface area contributed by atoms with Crippen LogP contribution in [-0.4, -0.2) is 43.7 Å². The number of rotatable bonds is 5. The van der Waals surface area contributed by atoms with E-state index in [0.29, 0.717) is 6.04 Å². The fraction of sp³-hybridized carbons (Fsp3) is 1.00. The third-order valence-corrected chi connectivity index (χ3v) is 1.55. The van der Waals surface area contributed by atoms with E-state index >= 15 is 0 Å². The Morgan fingerprint density at radius 1 is 1.42 bits per heavy atom.